The molecule has 1 saturated heterocycles. The van der Waals surface area contributed by atoms with Crippen molar-refractivity contribution < 1.29 is 32.6 Å². The third kappa shape index (κ3) is 3.78. The van der Waals surface area contributed by atoms with Crippen LogP contribution in [0.2, 0.25) is 0 Å². The van der Waals surface area contributed by atoms with Gasteiger partial charge in [-0.05, 0) is 13.8 Å². The van der Waals surface area contributed by atoms with Gasteiger partial charge >= 0.3 is 22.3 Å². The molecule has 1 aliphatic heterocycles. The molecule has 3 N–H and O–H groups in total. The molecule has 1 fully saturated rings. The van der Waals surface area contributed by atoms with Crippen LogP contribution in [0.4, 0.5) is 4.79 Å². The van der Waals surface area contributed by atoms with Gasteiger partial charge in [-0.1, -0.05) is 0 Å². The highest BCUT2D eigenvalue weighted by Gasteiger charge is 2.48. The molecular weight excluding hydrogens is 280 g/mol. The van der Waals surface area contributed by atoms with Crippen LogP contribution in [0.5, 0.6) is 0 Å². The Balaban J connectivity index is 2.73. The molecule has 2 unspecified atom stereocenters. The summed E-state index contributed by atoms with van der Waals surface area (Å²) in [7, 11) is -4.21. The maximum absolute atomic E-state index is 11.6. The summed E-state index contributed by atoms with van der Waals surface area (Å²) in [6.07, 6.45) is -1.13. The minimum atomic E-state index is -4.21. The molecule has 1 aliphatic rings. The molecule has 0 radical (unpaired) electrons. The van der Waals surface area contributed by atoms with E-state index in [4.69, 9.17) is 9.84 Å². The van der Waals surface area contributed by atoms with Crippen molar-refractivity contribution in [1.82, 2.24) is 9.44 Å². The normalized spacial score (nSPS) is 26.9. The van der Waals surface area contributed by atoms with Crippen LogP contribution in [0.15, 0.2) is 0 Å². The van der Waals surface area contributed by atoms with Crippen LogP contribution in [-0.4, -0.2) is 51.4 Å². The van der Waals surface area contributed by atoms with E-state index in [-0.39, 0.29) is 19.8 Å². The zero-order valence-corrected chi connectivity index (χ0v) is 11.3. The molecule has 0 aromatic carbocycles. The number of rotatable bonds is 5. The van der Waals surface area contributed by atoms with E-state index in [9.17, 15) is 18.0 Å². The molecule has 0 saturated carbocycles. The van der Waals surface area contributed by atoms with E-state index in [1.165, 1.54) is 13.8 Å². The van der Waals surface area contributed by atoms with Crippen molar-refractivity contribution in [1.29, 1.82) is 0 Å². The van der Waals surface area contributed by atoms with E-state index < -0.39 is 33.7 Å². The molecule has 0 bridgehead atoms. The third-order valence-corrected chi connectivity index (χ3v) is 3.76. The number of carbonyl (C=O) groups is 2. The molecule has 0 aromatic rings. The fraction of sp³-hybridized carbons (Fsp3) is 0.778. The lowest BCUT2D eigenvalue weighted by Crippen LogP contribution is -2.53. The van der Waals surface area contributed by atoms with Gasteiger partial charge in [0.05, 0.1) is 25.9 Å². The Morgan fingerprint density at radius 3 is 2.68 bits per heavy atom. The van der Waals surface area contributed by atoms with Gasteiger partial charge in [0.25, 0.3) is 0 Å². The lowest BCUT2D eigenvalue weighted by molar-refractivity contribution is -0.148. The smallest absolute Gasteiger partial charge is 0.421 e. The van der Waals surface area contributed by atoms with E-state index in [0.29, 0.717) is 0 Å². The second-order valence-corrected chi connectivity index (χ2v) is 5.68. The molecular formula is C9H16N2O7S. The van der Waals surface area contributed by atoms with Crippen molar-refractivity contribution in [2.45, 2.75) is 19.9 Å². The van der Waals surface area contributed by atoms with Gasteiger partial charge in [-0.25, -0.2) is 9.52 Å². The minimum absolute atomic E-state index is 0.0146. The highest BCUT2D eigenvalue weighted by molar-refractivity contribution is 7.88. The fourth-order valence-electron chi connectivity index (χ4n) is 1.54. The van der Waals surface area contributed by atoms with E-state index in [1.54, 1.807) is 4.72 Å². The summed E-state index contributed by atoms with van der Waals surface area (Å²) in [5, 5.41) is 9.08. The van der Waals surface area contributed by atoms with Crippen molar-refractivity contribution in [2.24, 2.45) is 5.41 Å². The van der Waals surface area contributed by atoms with Gasteiger partial charge in [0.15, 0.2) is 0 Å². The number of carbonyl (C=O) groups excluding carboxylic acids is 1. The number of ether oxygens (including phenoxy) is 2. The number of carboxylic acid groups (broad SMARTS) is 1. The Kier molecular flexibility index (Phi) is 4.71. The second-order valence-electron chi connectivity index (χ2n) is 4.23. The van der Waals surface area contributed by atoms with E-state index in [0.717, 1.165) is 0 Å². The molecule has 0 spiro atoms. The van der Waals surface area contributed by atoms with Gasteiger partial charge in [0.1, 0.15) is 5.41 Å². The summed E-state index contributed by atoms with van der Waals surface area (Å²) < 4.78 is 36.3. The number of hydrogen-bond acceptors (Lipinski definition) is 6. The van der Waals surface area contributed by atoms with Crippen LogP contribution in [0.1, 0.15) is 13.8 Å². The Morgan fingerprint density at radius 1 is 1.53 bits per heavy atom. The standard InChI is InChI=1S/C9H16N2O7S/c1-3-18-8(14)11-19(15,16)10-6-4-17-5-9(6,2)7(12)13/h6,10H,3-5H2,1-2H3,(H,11,14)(H,12,13). The monoisotopic (exact) mass is 296 g/mol. The number of carboxylic acids is 1. The fourth-order valence-corrected chi connectivity index (χ4v) is 2.58. The first-order valence-electron chi connectivity index (χ1n) is 5.49. The quantitative estimate of drug-likeness (QED) is 0.596. The molecule has 10 heteroatoms. The zero-order chi connectivity index (χ0) is 14.7. The zero-order valence-electron chi connectivity index (χ0n) is 10.5. The van der Waals surface area contributed by atoms with E-state index >= 15 is 0 Å². The van der Waals surface area contributed by atoms with Crippen LogP contribution in [0, 0.1) is 5.41 Å². The summed E-state index contributed by atoms with van der Waals surface area (Å²) in [5.74, 6) is -1.19. The van der Waals surface area contributed by atoms with Crippen molar-refractivity contribution in [3.63, 3.8) is 0 Å². The van der Waals surface area contributed by atoms with Crippen LogP contribution >= 0.6 is 0 Å². The minimum Gasteiger partial charge on any atom is -0.481 e. The average Bonchev–Trinajstić information content (AvgIpc) is 2.60. The summed E-state index contributed by atoms with van der Waals surface area (Å²) in [4.78, 5) is 22.1. The molecule has 2 atom stereocenters. The molecule has 1 heterocycles. The van der Waals surface area contributed by atoms with Gasteiger partial charge in [-0.2, -0.15) is 13.1 Å². The molecule has 9 nitrogen and oxygen atoms in total. The Bertz CT molecular complexity index is 463. The van der Waals surface area contributed by atoms with E-state index in [1.807, 2.05) is 0 Å². The Hall–Kier alpha value is -1.39. The molecule has 19 heavy (non-hydrogen) atoms. The maximum Gasteiger partial charge on any atom is 0.421 e. The molecule has 0 aromatic heterocycles. The summed E-state index contributed by atoms with van der Waals surface area (Å²) in [6.45, 7) is 2.69. The molecule has 1 amide bonds. The molecule has 110 valence electrons. The first kappa shape index (κ1) is 15.7. The first-order chi connectivity index (χ1) is 8.71. The van der Waals surface area contributed by atoms with Gasteiger partial charge < -0.3 is 14.6 Å². The van der Waals surface area contributed by atoms with Crippen LogP contribution in [-0.2, 0) is 24.5 Å². The lowest BCUT2D eigenvalue weighted by atomic mass is 9.86. The second kappa shape index (κ2) is 5.72. The molecule has 0 aliphatic carbocycles. The van der Waals surface area contributed by atoms with Gasteiger partial charge in [0.2, 0.25) is 0 Å². The Labute approximate surface area is 110 Å². The van der Waals surface area contributed by atoms with Crippen LogP contribution < -0.4 is 9.44 Å². The topological polar surface area (TPSA) is 131 Å². The van der Waals surface area contributed by atoms with Crippen molar-refractivity contribution in [3.05, 3.63) is 0 Å². The van der Waals surface area contributed by atoms with Crippen LogP contribution in [0.3, 0.4) is 0 Å². The summed E-state index contributed by atoms with van der Waals surface area (Å²) in [5.41, 5.74) is -1.39. The van der Waals surface area contributed by atoms with Crippen LogP contribution in [0.25, 0.3) is 0 Å². The van der Waals surface area contributed by atoms with Crippen molar-refractivity contribution in [3.8, 4) is 0 Å². The largest absolute Gasteiger partial charge is 0.481 e. The average molecular weight is 296 g/mol. The summed E-state index contributed by atoms with van der Waals surface area (Å²) in [6, 6.07) is -0.975. The highest BCUT2D eigenvalue weighted by Crippen LogP contribution is 2.28. The van der Waals surface area contributed by atoms with Gasteiger partial charge in [-0.15, -0.1) is 0 Å². The predicted molar refractivity (Wildman–Crippen MR) is 62.6 cm³/mol. The number of nitrogens with one attached hydrogen (secondary N) is 2. The van der Waals surface area contributed by atoms with E-state index in [2.05, 4.69) is 9.46 Å². The lowest BCUT2D eigenvalue weighted by Gasteiger charge is -2.25. The summed E-state index contributed by atoms with van der Waals surface area (Å²) >= 11 is 0. The number of amides is 1. The predicted octanol–water partition coefficient (Wildman–Crippen LogP) is -0.943. The Morgan fingerprint density at radius 2 is 2.16 bits per heavy atom. The van der Waals surface area contributed by atoms with Gasteiger partial charge in [-0.3, -0.25) is 4.79 Å². The first-order valence-corrected chi connectivity index (χ1v) is 6.97. The number of hydrogen-bond donors (Lipinski definition) is 3. The third-order valence-electron chi connectivity index (χ3n) is 2.73. The van der Waals surface area contributed by atoms with Gasteiger partial charge in [0, 0.05) is 0 Å². The molecule has 1 rings (SSSR count). The SMILES string of the molecule is CCOC(=O)NS(=O)(=O)NC1COCC1(C)C(=O)O. The van der Waals surface area contributed by atoms with Crippen molar-refractivity contribution in [2.75, 3.05) is 19.8 Å². The highest BCUT2D eigenvalue weighted by atomic mass is 32.2. The van der Waals surface area contributed by atoms with Crippen molar-refractivity contribution >= 4 is 22.3 Å². The number of aliphatic carboxylic acids is 1. The maximum atomic E-state index is 11.6.